The quantitative estimate of drug-likeness (QED) is 0.673. The zero-order valence-corrected chi connectivity index (χ0v) is 11.6. The normalized spacial score (nSPS) is 16.5. The Balaban J connectivity index is 2.18. The number of carbonyl (C=O) groups is 2. The molecule has 0 saturated carbocycles. The van der Waals surface area contributed by atoms with E-state index in [-0.39, 0.29) is 15.6 Å². The van der Waals surface area contributed by atoms with Gasteiger partial charge in [0, 0.05) is 13.1 Å². The number of halogens is 2. The third kappa shape index (κ3) is 3.08. The predicted octanol–water partition coefficient (Wildman–Crippen LogP) is 2.16. The Kier molecular flexibility index (Phi) is 4.45. The monoisotopic (exact) mass is 301 g/mol. The molecule has 0 spiro atoms. The number of ketones is 1. The van der Waals surface area contributed by atoms with Crippen molar-refractivity contribution in [3.8, 4) is 0 Å². The third-order valence-corrected chi connectivity index (χ3v) is 3.77. The summed E-state index contributed by atoms with van der Waals surface area (Å²) in [6.45, 7) is 0.738. The highest BCUT2D eigenvalue weighted by atomic mass is 35.5. The van der Waals surface area contributed by atoms with Crippen LogP contribution < -0.4 is 0 Å². The van der Waals surface area contributed by atoms with Crippen molar-refractivity contribution in [3.05, 3.63) is 33.8 Å². The van der Waals surface area contributed by atoms with Crippen LogP contribution in [-0.4, -0.2) is 40.9 Å². The van der Waals surface area contributed by atoms with Crippen molar-refractivity contribution in [2.45, 2.75) is 18.9 Å². The van der Waals surface area contributed by atoms with Crippen LogP contribution in [0.1, 0.15) is 23.2 Å². The number of aliphatic hydroxyl groups excluding tert-OH is 1. The lowest BCUT2D eigenvalue weighted by Crippen LogP contribution is -2.43. The molecule has 6 heteroatoms. The molecule has 1 aromatic carbocycles. The summed E-state index contributed by atoms with van der Waals surface area (Å²) >= 11 is 11.8. The SMILES string of the molecule is O=C(C(=O)N1CCC(O)CC1)c1c(Cl)cccc1Cl. The molecule has 19 heavy (non-hydrogen) atoms. The number of benzene rings is 1. The summed E-state index contributed by atoms with van der Waals surface area (Å²) in [5.74, 6) is -1.33. The van der Waals surface area contributed by atoms with Gasteiger partial charge in [-0.1, -0.05) is 29.3 Å². The Labute approximate surface area is 120 Å². The Bertz CT molecular complexity index is 490. The minimum Gasteiger partial charge on any atom is -0.393 e. The van der Waals surface area contributed by atoms with Gasteiger partial charge in [0.2, 0.25) is 0 Å². The average Bonchev–Trinajstić information content (AvgIpc) is 2.38. The number of likely N-dealkylation sites (tertiary alicyclic amines) is 1. The maximum absolute atomic E-state index is 12.1. The van der Waals surface area contributed by atoms with E-state index in [1.165, 1.54) is 17.0 Å². The fourth-order valence-corrected chi connectivity index (χ4v) is 2.60. The lowest BCUT2D eigenvalue weighted by Gasteiger charge is -2.29. The van der Waals surface area contributed by atoms with E-state index < -0.39 is 17.8 Å². The lowest BCUT2D eigenvalue weighted by atomic mass is 10.1. The van der Waals surface area contributed by atoms with Gasteiger partial charge in [-0.25, -0.2) is 0 Å². The number of nitrogens with zero attached hydrogens (tertiary/aromatic N) is 1. The highest BCUT2D eigenvalue weighted by Crippen LogP contribution is 2.25. The second-order valence-electron chi connectivity index (χ2n) is 4.45. The first-order valence-electron chi connectivity index (χ1n) is 5.96. The summed E-state index contributed by atoms with van der Waals surface area (Å²) in [6, 6.07) is 4.66. The maximum atomic E-state index is 12.1. The third-order valence-electron chi connectivity index (χ3n) is 3.14. The van der Waals surface area contributed by atoms with Crippen LogP contribution in [0.25, 0.3) is 0 Å². The van der Waals surface area contributed by atoms with Gasteiger partial charge in [0.15, 0.2) is 0 Å². The van der Waals surface area contributed by atoms with Gasteiger partial charge in [-0.05, 0) is 25.0 Å². The molecule has 0 unspecified atom stereocenters. The second-order valence-corrected chi connectivity index (χ2v) is 5.26. The summed E-state index contributed by atoms with van der Waals surface area (Å²) in [5, 5.41) is 9.73. The van der Waals surface area contributed by atoms with Crippen LogP contribution in [0.3, 0.4) is 0 Å². The standard InChI is InChI=1S/C13H13Cl2NO3/c14-9-2-1-3-10(15)11(9)12(18)13(19)16-6-4-8(17)5-7-16/h1-3,8,17H,4-7H2. The van der Waals surface area contributed by atoms with Crippen LogP contribution in [0.4, 0.5) is 0 Å². The number of amides is 1. The van der Waals surface area contributed by atoms with E-state index in [0.29, 0.717) is 25.9 Å². The van der Waals surface area contributed by atoms with Crippen LogP contribution in [0.15, 0.2) is 18.2 Å². The molecule has 1 aliphatic heterocycles. The Morgan fingerprint density at radius 3 is 2.21 bits per heavy atom. The Morgan fingerprint density at radius 2 is 1.68 bits per heavy atom. The summed E-state index contributed by atoms with van der Waals surface area (Å²) in [5.41, 5.74) is 0.0435. The molecule has 1 aliphatic rings. The molecule has 0 radical (unpaired) electrons. The molecule has 0 atom stereocenters. The predicted molar refractivity (Wildman–Crippen MR) is 72.6 cm³/mol. The van der Waals surface area contributed by atoms with Gasteiger partial charge in [-0.15, -0.1) is 0 Å². The number of carbonyl (C=O) groups excluding carboxylic acids is 2. The summed E-state index contributed by atoms with van der Waals surface area (Å²) in [6.07, 6.45) is 0.563. The van der Waals surface area contributed by atoms with Crippen molar-refractivity contribution in [1.82, 2.24) is 4.90 Å². The van der Waals surface area contributed by atoms with E-state index in [0.717, 1.165) is 0 Å². The molecule has 0 bridgehead atoms. The van der Waals surface area contributed by atoms with Crippen molar-refractivity contribution in [3.63, 3.8) is 0 Å². The molecule has 1 fully saturated rings. The molecular weight excluding hydrogens is 289 g/mol. The van der Waals surface area contributed by atoms with E-state index in [2.05, 4.69) is 0 Å². The number of piperidine rings is 1. The van der Waals surface area contributed by atoms with Crippen molar-refractivity contribution in [2.24, 2.45) is 0 Å². The van der Waals surface area contributed by atoms with Crippen molar-refractivity contribution in [1.29, 1.82) is 0 Å². The van der Waals surface area contributed by atoms with Crippen molar-refractivity contribution >= 4 is 34.9 Å². The zero-order chi connectivity index (χ0) is 14.0. The molecule has 1 saturated heterocycles. The maximum Gasteiger partial charge on any atom is 0.295 e. The van der Waals surface area contributed by atoms with E-state index in [1.54, 1.807) is 6.07 Å². The molecule has 1 amide bonds. The highest BCUT2D eigenvalue weighted by molar-refractivity contribution is 6.50. The van der Waals surface area contributed by atoms with Gasteiger partial charge < -0.3 is 10.0 Å². The molecule has 1 N–H and O–H groups in total. The Morgan fingerprint density at radius 1 is 1.16 bits per heavy atom. The van der Waals surface area contributed by atoms with Gasteiger partial charge in [0.1, 0.15) is 0 Å². The minimum atomic E-state index is -0.702. The topological polar surface area (TPSA) is 57.6 Å². The van der Waals surface area contributed by atoms with Crippen LogP contribution in [-0.2, 0) is 4.79 Å². The number of hydrogen-bond donors (Lipinski definition) is 1. The summed E-state index contributed by atoms with van der Waals surface area (Å²) < 4.78 is 0. The summed E-state index contributed by atoms with van der Waals surface area (Å²) in [7, 11) is 0. The molecule has 1 aromatic rings. The first-order chi connectivity index (χ1) is 9.00. The second kappa shape index (κ2) is 5.90. The molecule has 0 aromatic heterocycles. The van der Waals surface area contributed by atoms with Gasteiger partial charge in [-0.3, -0.25) is 9.59 Å². The molecule has 1 heterocycles. The highest BCUT2D eigenvalue weighted by Gasteiger charge is 2.29. The number of aliphatic hydroxyl groups is 1. The van der Waals surface area contributed by atoms with Gasteiger partial charge >= 0.3 is 0 Å². The van der Waals surface area contributed by atoms with E-state index >= 15 is 0 Å². The molecule has 0 aliphatic carbocycles. The molecule has 102 valence electrons. The van der Waals surface area contributed by atoms with E-state index in [1.807, 2.05) is 0 Å². The number of rotatable bonds is 2. The molecule has 2 rings (SSSR count). The molecular formula is C13H13Cl2NO3. The van der Waals surface area contributed by atoms with Crippen LogP contribution in [0, 0.1) is 0 Å². The minimum absolute atomic E-state index is 0.0435. The largest absolute Gasteiger partial charge is 0.393 e. The first kappa shape index (κ1) is 14.3. The van der Waals surface area contributed by atoms with Crippen LogP contribution >= 0.6 is 23.2 Å². The van der Waals surface area contributed by atoms with Gasteiger partial charge in [0.05, 0.1) is 21.7 Å². The van der Waals surface area contributed by atoms with Crippen LogP contribution in [0.5, 0.6) is 0 Å². The van der Waals surface area contributed by atoms with E-state index in [9.17, 15) is 14.7 Å². The first-order valence-corrected chi connectivity index (χ1v) is 6.72. The smallest absolute Gasteiger partial charge is 0.295 e. The fourth-order valence-electron chi connectivity index (χ4n) is 2.03. The number of hydrogen-bond acceptors (Lipinski definition) is 3. The lowest BCUT2D eigenvalue weighted by molar-refractivity contribution is -0.128. The fraction of sp³-hybridized carbons (Fsp3) is 0.385. The van der Waals surface area contributed by atoms with Gasteiger partial charge in [0.25, 0.3) is 11.7 Å². The summed E-state index contributed by atoms with van der Waals surface area (Å²) in [4.78, 5) is 25.7. The van der Waals surface area contributed by atoms with Crippen molar-refractivity contribution < 1.29 is 14.7 Å². The number of Topliss-reactive ketones (excluding diaryl/α,β-unsaturated/α-hetero) is 1. The molecule has 4 nitrogen and oxygen atoms in total. The Hall–Kier alpha value is -1.10. The van der Waals surface area contributed by atoms with Crippen molar-refractivity contribution in [2.75, 3.05) is 13.1 Å². The van der Waals surface area contributed by atoms with Crippen LogP contribution in [0.2, 0.25) is 10.0 Å². The van der Waals surface area contributed by atoms with Gasteiger partial charge in [-0.2, -0.15) is 0 Å². The zero-order valence-electron chi connectivity index (χ0n) is 10.1. The average molecular weight is 302 g/mol. The van der Waals surface area contributed by atoms with E-state index in [4.69, 9.17) is 23.2 Å².